The Bertz CT molecular complexity index is 1970. The standard InChI is InChI=1S/C38H36Cl2F2N6O4/c1-51-30-9-21(7-28(41)26(30)14-47-17-37(18-47)12-32(50)45-16-37)35-33(39)24(3-5-43-35)25-4-6-44-36(34(25)40)22-8-29(42)27(31(10-22)52-2)15-48-19-38(20-48)11-23(49)13-46-38/h3-10,46H,11-20H2,1-2H3,(H,45,50). The van der Waals surface area contributed by atoms with Gasteiger partial charge >= 0.3 is 0 Å². The van der Waals surface area contributed by atoms with Crippen LogP contribution in [0.1, 0.15) is 24.0 Å². The van der Waals surface area contributed by atoms with Crippen LogP contribution in [0.3, 0.4) is 0 Å². The molecule has 0 atom stereocenters. The van der Waals surface area contributed by atoms with Crippen LogP contribution in [0.15, 0.2) is 48.8 Å². The Morgan fingerprint density at radius 2 is 1.31 bits per heavy atom. The molecule has 4 fully saturated rings. The summed E-state index contributed by atoms with van der Waals surface area (Å²) in [7, 11) is 2.98. The first kappa shape index (κ1) is 34.9. The Kier molecular flexibility index (Phi) is 8.94. The number of benzene rings is 2. The first-order chi connectivity index (χ1) is 25.0. The summed E-state index contributed by atoms with van der Waals surface area (Å²) in [5.74, 6) is 0.0565. The minimum Gasteiger partial charge on any atom is -0.496 e. The molecule has 10 nitrogen and oxygen atoms in total. The number of ether oxygens (including phenoxy) is 2. The summed E-state index contributed by atoms with van der Waals surface area (Å²) in [6, 6.07) is 9.63. The van der Waals surface area contributed by atoms with Crippen LogP contribution in [0.25, 0.3) is 33.6 Å². The van der Waals surface area contributed by atoms with Crippen LogP contribution in [-0.4, -0.2) is 90.5 Å². The highest BCUT2D eigenvalue weighted by molar-refractivity contribution is 6.39. The minimum absolute atomic E-state index is 0.0566. The largest absolute Gasteiger partial charge is 0.496 e. The summed E-state index contributed by atoms with van der Waals surface area (Å²) in [6.07, 6.45) is 4.11. The average molecular weight is 750 g/mol. The number of nitrogens with zero attached hydrogens (tertiary/aromatic N) is 4. The normalized spacial score (nSPS) is 19.2. The molecule has 2 spiro atoms. The molecule has 2 aromatic carbocycles. The van der Waals surface area contributed by atoms with Crippen molar-refractivity contribution < 1.29 is 27.8 Å². The average Bonchev–Trinajstić information content (AvgIpc) is 3.69. The number of hydrogen-bond acceptors (Lipinski definition) is 9. The molecule has 4 aliphatic heterocycles. The third-order valence-electron chi connectivity index (χ3n) is 10.7. The Morgan fingerprint density at radius 3 is 1.75 bits per heavy atom. The number of pyridine rings is 2. The molecule has 6 heterocycles. The molecule has 4 aliphatic rings. The van der Waals surface area contributed by atoms with Gasteiger partial charge in [-0.1, -0.05) is 23.2 Å². The number of rotatable bonds is 9. The predicted octanol–water partition coefficient (Wildman–Crippen LogP) is 5.52. The van der Waals surface area contributed by atoms with E-state index in [1.165, 1.54) is 26.4 Å². The molecule has 0 aliphatic carbocycles. The zero-order valence-corrected chi connectivity index (χ0v) is 30.1. The molecule has 0 bridgehead atoms. The van der Waals surface area contributed by atoms with E-state index in [1.807, 2.05) is 0 Å². The zero-order chi connectivity index (χ0) is 36.4. The van der Waals surface area contributed by atoms with Crippen molar-refractivity contribution in [2.24, 2.45) is 5.41 Å². The number of carbonyl (C=O) groups is 2. The molecule has 0 saturated carbocycles. The summed E-state index contributed by atoms with van der Waals surface area (Å²) < 4.78 is 42.8. The summed E-state index contributed by atoms with van der Waals surface area (Å²) in [5, 5.41) is 6.66. The monoisotopic (exact) mass is 748 g/mol. The van der Waals surface area contributed by atoms with Crippen molar-refractivity contribution in [2.75, 3.05) is 53.5 Å². The Morgan fingerprint density at radius 1 is 0.788 bits per heavy atom. The van der Waals surface area contributed by atoms with Gasteiger partial charge in [0.05, 0.1) is 47.7 Å². The second-order valence-electron chi connectivity index (χ2n) is 14.4. The second-order valence-corrected chi connectivity index (χ2v) is 15.2. The van der Waals surface area contributed by atoms with E-state index in [0.717, 1.165) is 0 Å². The van der Waals surface area contributed by atoms with Gasteiger partial charge in [-0.05, 0) is 36.4 Å². The van der Waals surface area contributed by atoms with Gasteiger partial charge < -0.3 is 20.1 Å². The maximum atomic E-state index is 15.8. The van der Waals surface area contributed by atoms with Crippen LogP contribution in [0.5, 0.6) is 11.5 Å². The molecule has 14 heteroatoms. The van der Waals surface area contributed by atoms with E-state index < -0.39 is 11.6 Å². The number of hydrogen-bond donors (Lipinski definition) is 2. The highest BCUT2D eigenvalue weighted by Gasteiger charge is 2.49. The number of carbonyl (C=O) groups excluding carboxylic acids is 2. The van der Waals surface area contributed by atoms with Crippen molar-refractivity contribution in [3.8, 4) is 45.1 Å². The minimum atomic E-state index is -0.461. The fourth-order valence-electron chi connectivity index (χ4n) is 8.24. The number of ketones is 1. The lowest BCUT2D eigenvalue weighted by atomic mass is 9.79. The summed E-state index contributed by atoms with van der Waals surface area (Å²) in [6.45, 7) is 4.39. The number of Topliss-reactive ketones (excluding diaryl/α,β-unsaturated/α-hetero) is 1. The van der Waals surface area contributed by atoms with Crippen molar-refractivity contribution in [2.45, 2.75) is 31.5 Å². The molecule has 4 aromatic rings. The molecule has 2 aromatic heterocycles. The highest BCUT2D eigenvalue weighted by Crippen LogP contribution is 2.44. The molecule has 4 saturated heterocycles. The van der Waals surface area contributed by atoms with E-state index in [1.54, 1.807) is 36.7 Å². The van der Waals surface area contributed by atoms with Crippen LogP contribution in [-0.2, 0) is 22.7 Å². The first-order valence-corrected chi connectivity index (χ1v) is 17.8. The Labute approximate surface area is 309 Å². The van der Waals surface area contributed by atoms with E-state index in [9.17, 15) is 9.59 Å². The van der Waals surface area contributed by atoms with E-state index in [2.05, 4.69) is 30.4 Å². The summed E-state index contributed by atoms with van der Waals surface area (Å²) in [5.41, 5.74) is 3.10. The van der Waals surface area contributed by atoms with Gasteiger partial charge in [0.25, 0.3) is 0 Å². The van der Waals surface area contributed by atoms with Gasteiger partial charge in [-0.25, -0.2) is 8.78 Å². The van der Waals surface area contributed by atoms with E-state index in [-0.39, 0.29) is 32.7 Å². The number of methoxy groups -OCH3 is 2. The molecular weight excluding hydrogens is 713 g/mol. The lowest BCUT2D eigenvalue weighted by Gasteiger charge is -2.48. The third kappa shape index (κ3) is 6.20. The zero-order valence-electron chi connectivity index (χ0n) is 28.6. The van der Waals surface area contributed by atoms with Crippen molar-refractivity contribution in [3.63, 3.8) is 0 Å². The molecule has 1 amide bonds. The van der Waals surface area contributed by atoms with Crippen molar-refractivity contribution in [1.29, 1.82) is 0 Å². The fourth-order valence-corrected chi connectivity index (χ4v) is 8.89. The number of nitrogens with one attached hydrogen (secondary N) is 2. The number of aromatic nitrogens is 2. The van der Waals surface area contributed by atoms with Crippen LogP contribution in [0, 0.1) is 17.0 Å². The molecule has 8 rings (SSSR count). The molecule has 0 radical (unpaired) electrons. The summed E-state index contributed by atoms with van der Waals surface area (Å²) >= 11 is 14.0. The van der Waals surface area contributed by atoms with Crippen LogP contribution >= 0.6 is 23.2 Å². The number of likely N-dealkylation sites (tertiary alicyclic amines) is 2. The lowest BCUT2D eigenvalue weighted by Crippen LogP contribution is -2.66. The fraction of sp³-hybridized carbons (Fsp3) is 0.368. The maximum Gasteiger partial charge on any atom is 0.220 e. The first-order valence-electron chi connectivity index (χ1n) is 17.0. The lowest BCUT2D eigenvalue weighted by molar-refractivity contribution is -0.120. The highest BCUT2D eigenvalue weighted by atomic mass is 35.5. The molecule has 0 unspecified atom stereocenters. The predicted molar refractivity (Wildman–Crippen MR) is 192 cm³/mol. The Balaban J connectivity index is 1.05. The van der Waals surface area contributed by atoms with Crippen molar-refractivity contribution in [1.82, 2.24) is 30.4 Å². The van der Waals surface area contributed by atoms with Crippen LogP contribution in [0.4, 0.5) is 8.78 Å². The van der Waals surface area contributed by atoms with Gasteiger partial charge in [0.15, 0.2) is 0 Å². The van der Waals surface area contributed by atoms with Gasteiger partial charge in [0.2, 0.25) is 5.91 Å². The molecule has 2 N–H and O–H groups in total. The van der Waals surface area contributed by atoms with Gasteiger partial charge in [-0.3, -0.25) is 29.4 Å². The van der Waals surface area contributed by atoms with Crippen LogP contribution in [0.2, 0.25) is 10.0 Å². The third-order valence-corrected chi connectivity index (χ3v) is 11.5. The van der Waals surface area contributed by atoms with Gasteiger partial charge in [-0.15, -0.1) is 0 Å². The van der Waals surface area contributed by atoms with Crippen LogP contribution < -0.4 is 20.1 Å². The number of halogens is 4. The SMILES string of the molecule is COc1cc(-c2nccc(-c3ccnc(-c4cc(F)c(CN5CC6(CC(=O)CN6)C5)c(OC)c4)c3Cl)c2Cl)cc(F)c1CN1CC2(CNC(=O)C2)C1. The van der Waals surface area contributed by atoms with Gasteiger partial charge in [0.1, 0.15) is 28.9 Å². The maximum absolute atomic E-state index is 15.8. The quantitative estimate of drug-likeness (QED) is 0.229. The molecular formula is C38H36Cl2F2N6O4. The van der Waals surface area contributed by atoms with Gasteiger partial charge in [0, 0.05) is 110 Å². The smallest absolute Gasteiger partial charge is 0.220 e. The van der Waals surface area contributed by atoms with Crippen molar-refractivity contribution in [3.05, 3.63) is 81.6 Å². The van der Waals surface area contributed by atoms with E-state index >= 15 is 8.78 Å². The molecule has 270 valence electrons. The summed E-state index contributed by atoms with van der Waals surface area (Å²) in [4.78, 5) is 36.7. The second kappa shape index (κ2) is 13.3. The molecule has 52 heavy (non-hydrogen) atoms. The Hall–Kier alpha value is -4.20. The van der Waals surface area contributed by atoms with Crippen molar-refractivity contribution >= 4 is 34.9 Å². The number of amides is 1. The van der Waals surface area contributed by atoms with Gasteiger partial charge in [-0.2, -0.15) is 0 Å². The van der Waals surface area contributed by atoms with E-state index in [0.29, 0.717) is 121 Å². The van der Waals surface area contributed by atoms with E-state index in [4.69, 9.17) is 32.7 Å². The topological polar surface area (TPSA) is 109 Å².